The van der Waals surface area contributed by atoms with Gasteiger partial charge in [0.1, 0.15) is 0 Å². The molecule has 0 fully saturated rings. The zero-order chi connectivity index (χ0) is 22.9. The van der Waals surface area contributed by atoms with Crippen LogP contribution in [0.15, 0.2) is 76.1 Å². The van der Waals surface area contributed by atoms with Crippen LogP contribution in [-0.4, -0.2) is 31.7 Å². The predicted molar refractivity (Wildman–Crippen MR) is 130 cm³/mol. The summed E-state index contributed by atoms with van der Waals surface area (Å²) in [6, 6.07) is 19.4. The van der Waals surface area contributed by atoms with Gasteiger partial charge in [-0.3, -0.25) is 4.79 Å². The highest BCUT2D eigenvalue weighted by Crippen LogP contribution is 2.31. The van der Waals surface area contributed by atoms with Crippen LogP contribution in [0.5, 0.6) is 0 Å². The fourth-order valence-corrected chi connectivity index (χ4v) is 5.79. The van der Waals surface area contributed by atoms with Gasteiger partial charge in [0.15, 0.2) is 0 Å². The lowest BCUT2D eigenvalue weighted by atomic mass is 10.2. The third-order valence-electron chi connectivity index (χ3n) is 5.46. The molecule has 0 aromatic heterocycles. The van der Waals surface area contributed by atoms with Crippen molar-refractivity contribution in [1.82, 2.24) is 4.31 Å². The van der Waals surface area contributed by atoms with E-state index in [1.54, 1.807) is 53.4 Å². The second-order valence-corrected chi connectivity index (χ2v) is 11.1. The summed E-state index contributed by atoms with van der Waals surface area (Å²) in [6.07, 6.45) is 0.736. The van der Waals surface area contributed by atoms with Crippen molar-refractivity contribution in [2.45, 2.75) is 24.8 Å². The van der Waals surface area contributed by atoms with Crippen molar-refractivity contribution < 1.29 is 13.2 Å². The Morgan fingerprint density at radius 2 is 1.84 bits per heavy atom. The predicted octanol–water partition coefficient (Wildman–Crippen LogP) is 5.19. The summed E-state index contributed by atoms with van der Waals surface area (Å²) in [5.41, 5.74) is 3.57. The quantitative estimate of drug-likeness (QED) is 0.438. The number of fused-ring (bicyclic) bond motifs is 1. The minimum atomic E-state index is -3.90. The molecule has 1 heterocycles. The SMILES string of the molecule is Cc1ccc(S(=O)(=O)N(CC(=O)N2CCc3cc(Br)ccc32)Cc2cccc(Cl)c2)cc1. The Labute approximate surface area is 201 Å². The maximum atomic E-state index is 13.5. The number of amides is 1. The molecular formula is C24H22BrClN2O3S. The van der Waals surface area contributed by atoms with Crippen LogP contribution in [0.1, 0.15) is 16.7 Å². The zero-order valence-corrected chi connectivity index (χ0v) is 20.6. The maximum absolute atomic E-state index is 13.5. The second kappa shape index (κ2) is 9.35. The van der Waals surface area contributed by atoms with Gasteiger partial charge in [0.25, 0.3) is 0 Å². The van der Waals surface area contributed by atoms with Crippen LogP contribution in [0.3, 0.4) is 0 Å². The van der Waals surface area contributed by atoms with E-state index in [0.717, 1.165) is 27.7 Å². The summed E-state index contributed by atoms with van der Waals surface area (Å²) in [6.45, 7) is 2.20. The number of aryl methyl sites for hydroxylation is 1. The molecule has 0 spiro atoms. The smallest absolute Gasteiger partial charge is 0.243 e. The summed E-state index contributed by atoms with van der Waals surface area (Å²) in [5, 5.41) is 0.514. The van der Waals surface area contributed by atoms with Gasteiger partial charge in [0.2, 0.25) is 15.9 Å². The van der Waals surface area contributed by atoms with Gasteiger partial charge >= 0.3 is 0 Å². The number of halogens is 2. The minimum Gasteiger partial charge on any atom is -0.311 e. The number of sulfonamides is 1. The van der Waals surface area contributed by atoms with Gasteiger partial charge in [-0.1, -0.05) is 57.4 Å². The van der Waals surface area contributed by atoms with E-state index in [1.165, 1.54) is 4.31 Å². The summed E-state index contributed by atoms with van der Waals surface area (Å²) in [7, 11) is -3.90. The molecule has 1 amide bonds. The van der Waals surface area contributed by atoms with Crippen molar-refractivity contribution in [3.05, 3.63) is 92.9 Å². The van der Waals surface area contributed by atoms with Crippen LogP contribution in [0.25, 0.3) is 0 Å². The number of anilines is 1. The molecule has 0 aliphatic carbocycles. The van der Waals surface area contributed by atoms with Crippen LogP contribution in [0.2, 0.25) is 5.02 Å². The first-order chi connectivity index (χ1) is 15.2. The highest BCUT2D eigenvalue weighted by atomic mass is 79.9. The van der Waals surface area contributed by atoms with E-state index in [0.29, 0.717) is 17.1 Å². The average molecular weight is 534 g/mol. The fourth-order valence-electron chi connectivity index (χ4n) is 3.79. The van der Waals surface area contributed by atoms with Gasteiger partial charge in [-0.2, -0.15) is 4.31 Å². The Bertz CT molecular complexity index is 1260. The van der Waals surface area contributed by atoms with Gasteiger partial charge in [-0.15, -0.1) is 0 Å². The Morgan fingerprint density at radius 1 is 1.09 bits per heavy atom. The summed E-state index contributed by atoms with van der Waals surface area (Å²) in [4.78, 5) is 15.1. The molecule has 0 saturated carbocycles. The normalized spacial score (nSPS) is 13.4. The summed E-state index contributed by atoms with van der Waals surface area (Å²) in [5.74, 6) is -0.260. The van der Waals surface area contributed by atoms with Crippen LogP contribution < -0.4 is 4.90 Å². The Morgan fingerprint density at radius 3 is 2.56 bits per heavy atom. The summed E-state index contributed by atoms with van der Waals surface area (Å²) < 4.78 is 29.2. The Kier molecular flexibility index (Phi) is 6.72. The van der Waals surface area contributed by atoms with E-state index in [9.17, 15) is 13.2 Å². The first-order valence-corrected chi connectivity index (χ1v) is 12.8. The maximum Gasteiger partial charge on any atom is 0.243 e. The van der Waals surface area contributed by atoms with Crippen molar-refractivity contribution in [2.24, 2.45) is 0 Å². The standard InChI is InChI=1S/C24H22BrClN2O3S/c1-17-5-8-22(9-6-17)32(30,31)27(15-18-3-2-4-21(26)13-18)16-24(29)28-12-11-19-14-20(25)7-10-23(19)28/h2-10,13-14H,11-12,15-16H2,1H3. The molecule has 0 unspecified atom stereocenters. The van der Waals surface area contributed by atoms with E-state index >= 15 is 0 Å². The van der Waals surface area contributed by atoms with Gasteiger partial charge in [0.05, 0.1) is 11.4 Å². The Balaban J connectivity index is 1.65. The molecule has 166 valence electrons. The number of hydrogen-bond acceptors (Lipinski definition) is 3. The number of nitrogens with zero attached hydrogens (tertiary/aromatic N) is 2. The number of hydrogen-bond donors (Lipinski definition) is 0. The molecule has 3 aromatic carbocycles. The van der Waals surface area contributed by atoms with Gasteiger partial charge in [0, 0.05) is 28.3 Å². The van der Waals surface area contributed by atoms with E-state index in [4.69, 9.17) is 11.6 Å². The molecule has 1 aliphatic rings. The molecule has 0 saturated heterocycles. The lowest BCUT2D eigenvalue weighted by Gasteiger charge is -2.25. The Hall–Kier alpha value is -2.19. The highest BCUT2D eigenvalue weighted by Gasteiger charge is 2.31. The third-order valence-corrected chi connectivity index (χ3v) is 7.99. The molecule has 3 aromatic rings. The number of rotatable bonds is 6. The lowest BCUT2D eigenvalue weighted by Crippen LogP contribution is -2.42. The zero-order valence-electron chi connectivity index (χ0n) is 17.5. The molecule has 4 rings (SSSR count). The molecule has 0 atom stereocenters. The van der Waals surface area contributed by atoms with Crippen molar-refractivity contribution in [3.63, 3.8) is 0 Å². The highest BCUT2D eigenvalue weighted by molar-refractivity contribution is 9.10. The van der Waals surface area contributed by atoms with Crippen LogP contribution in [0, 0.1) is 6.92 Å². The first-order valence-electron chi connectivity index (χ1n) is 10.1. The molecule has 32 heavy (non-hydrogen) atoms. The monoisotopic (exact) mass is 532 g/mol. The second-order valence-electron chi connectivity index (χ2n) is 7.78. The van der Waals surface area contributed by atoms with Gasteiger partial charge < -0.3 is 4.90 Å². The molecule has 0 radical (unpaired) electrons. The van der Waals surface area contributed by atoms with Crippen molar-refractivity contribution in [3.8, 4) is 0 Å². The molecule has 5 nitrogen and oxygen atoms in total. The largest absolute Gasteiger partial charge is 0.311 e. The van der Waals surface area contributed by atoms with Crippen molar-refractivity contribution in [2.75, 3.05) is 18.0 Å². The van der Waals surface area contributed by atoms with Crippen LogP contribution in [-0.2, 0) is 27.8 Å². The molecule has 8 heteroatoms. The summed E-state index contributed by atoms with van der Waals surface area (Å²) >= 11 is 9.57. The molecule has 0 N–H and O–H groups in total. The molecular weight excluding hydrogens is 512 g/mol. The third kappa shape index (κ3) is 4.91. The number of carbonyl (C=O) groups excluding carboxylic acids is 1. The van der Waals surface area contributed by atoms with E-state index in [-0.39, 0.29) is 23.9 Å². The van der Waals surface area contributed by atoms with Crippen LogP contribution in [0.4, 0.5) is 5.69 Å². The topological polar surface area (TPSA) is 57.7 Å². The minimum absolute atomic E-state index is 0.0452. The first kappa shape index (κ1) is 23.0. The van der Waals surface area contributed by atoms with E-state index < -0.39 is 10.0 Å². The van der Waals surface area contributed by atoms with Gasteiger partial charge in [-0.05, 0) is 66.9 Å². The van der Waals surface area contributed by atoms with Crippen molar-refractivity contribution >= 4 is 49.1 Å². The molecule has 0 bridgehead atoms. The number of benzene rings is 3. The van der Waals surface area contributed by atoms with Crippen molar-refractivity contribution in [1.29, 1.82) is 0 Å². The van der Waals surface area contributed by atoms with E-state index in [2.05, 4.69) is 15.9 Å². The number of carbonyl (C=O) groups is 1. The molecule has 1 aliphatic heterocycles. The average Bonchev–Trinajstić information content (AvgIpc) is 3.16. The fraction of sp³-hybridized carbons (Fsp3) is 0.208. The van der Waals surface area contributed by atoms with Crippen LogP contribution >= 0.6 is 27.5 Å². The lowest BCUT2D eigenvalue weighted by molar-refractivity contribution is -0.118. The van der Waals surface area contributed by atoms with Gasteiger partial charge in [-0.25, -0.2) is 8.42 Å². The van der Waals surface area contributed by atoms with E-state index in [1.807, 2.05) is 25.1 Å².